The predicted octanol–water partition coefficient (Wildman–Crippen LogP) is 3.32. The number of sulfonamides is 1. The van der Waals surface area contributed by atoms with Gasteiger partial charge in [-0.3, -0.25) is 10.00 Å². The molecule has 2 aromatic carbocycles. The highest BCUT2D eigenvalue weighted by atomic mass is 32.2. The van der Waals surface area contributed by atoms with Crippen molar-refractivity contribution in [3.8, 4) is 16.9 Å². The SMILES string of the molecule is COc1cccc(CN2C(=O)N(c3ccc(-c4cn[nH]c4)cc3)CC23CCN(S(C)(=O)=O)CC3)c1. The molecular formula is C25H29N5O4S. The molecule has 2 saturated heterocycles. The zero-order valence-corrected chi connectivity index (χ0v) is 20.7. The van der Waals surface area contributed by atoms with Gasteiger partial charge in [0, 0.05) is 37.1 Å². The van der Waals surface area contributed by atoms with Crippen molar-refractivity contribution in [3.05, 3.63) is 66.5 Å². The van der Waals surface area contributed by atoms with Gasteiger partial charge in [0.2, 0.25) is 10.0 Å². The lowest BCUT2D eigenvalue weighted by Gasteiger charge is -2.43. The molecule has 10 heteroatoms. The molecule has 1 aromatic heterocycles. The summed E-state index contributed by atoms with van der Waals surface area (Å²) in [5, 5.41) is 6.82. The van der Waals surface area contributed by atoms with Crippen LogP contribution in [0, 0.1) is 0 Å². The van der Waals surface area contributed by atoms with Gasteiger partial charge in [0.15, 0.2) is 0 Å². The van der Waals surface area contributed by atoms with Crippen molar-refractivity contribution in [2.45, 2.75) is 24.9 Å². The standard InChI is InChI=1S/C25H29N5O4S/c1-34-23-5-3-4-19(14-23)17-30-24(31)29(18-25(30)10-12-28(13-11-25)35(2,32)33)22-8-6-20(7-9-22)21-15-26-27-16-21/h3-9,14-16H,10-13,17-18H2,1-2H3,(H,26,27). The van der Waals surface area contributed by atoms with E-state index < -0.39 is 15.6 Å². The van der Waals surface area contributed by atoms with E-state index in [1.165, 1.54) is 10.6 Å². The monoisotopic (exact) mass is 495 g/mol. The second kappa shape index (κ2) is 9.01. The minimum atomic E-state index is -3.27. The molecule has 2 fully saturated rings. The van der Waals surface area contributed by atoms with E-state index in [9.17, 15) is 13.2 Å². The molecule has 3 aromatic rings. The van der Waals surface area contributed by atoms with Crippen molar-refractivity contribution in [1.29, 1.82) is 0 Å². The van der Waals surface area contributed by atoms with Gasteiger partial charge in [0.1, 0.15) is 5.75 Å². The fourth-order valence-electron chi connectivity index (χ4n) is 5.09. The summed E-state index contributed by atoms with van der Waals surface area (Å²) in [4.78, 5) is 17.5. The Morgan fingerprint density at radius 2 is 1.83 bits per heavy atom. The topological polar surface area (TPSA) is 98.8 Å². The van der Waals surface area contributed by atoms with Gasteiger partial charge in [0.05, 0.1) is 31.6 Å². The van der Waals surface area contributed by atoms with Crippen LogP contribution < -0.4 is 9.64 Å². The summed E-state index contributed by atoms with van der Waals surface area (Å²) in [7, 11) is -1.65. The molecule has 2 aliphatic heterocycles. The largest absolute Gasteiger partial charge is 0.497 e. The number of urea groups is 1. The number of ether oxygens (including phenoxy) is 1. The Labute approximate surface area is 205 Å². The second-order valence-corrected chi connectivity index (χ2v) is 11.2. The van der Waals surface area contributed by atoms with Crippen molar-refractivity contribution < 1.29 is 17.9 Å². The molecule has 0 bridgehead atoms. The van der Waals surface area contributed by atoms with Crippen LogP contribution in [0.2, 0.25) is 0 Å². The Hall–Kier alpha value is -3.37. The first-order chi connectivity index (χ1) is 16.8. The molecule has 3 heterocycles. The van der Waals surface area contributed by atoms with Gasteiger partial charge in [-0.2, -0.15) is 5.10 Å². The van der Waals surface area contributed by atoms with Crippen LogP contribution in [0.25, 0.3) is 11.1 Å². The quantitative estimate of drug-likeness (QED) is 0.566. The molecule has 184 valence electrons. The molecule has 2 amide bonds. The Kier molecular flexibility index (Phi) is 6.02. The third-order valence-corrected chi connectivity index (χ3v) is 8.40. The molecule has 0 saturated carbocycles. The average molecular weight is 496 g/mol. The lowest BCUT2D eigenvalue weighted by molar-refractivity contribution is 0.0991. The number of aromatic amines is 1. The Bertz CT molecular complexity index is 1300. The second-order valence-electron chi connectivity index (χ2n) is 9.23. The number of carbonyl (C=O) groups is 1. The van der Waals surface area contributed by atoms with E-state index in [4.69, 9.17) is 4.74 Å². The van der Waals surface area contributed by atoms with Crippen LogP contribution in [0.1, 0.15) is 18.4 Å². The van der Waals surface area contributed by atoms with Crippen LogP contribution in [0.4, 0.5) is 10.5 Å². The lowest BCUT2D eigenvalue weighted by Crippen LogP contribution is -2.54. The van der Waals surface area contributed by atoms with Gasteiger partial charge in [-0.1, -0.05) is 24.3 Å². The summed E-state index contributed by atoms with van der Waals surface area (Å²) in [6.45, 7) is 1.74. The summed E-state index contributed by atoms with van der Waals surface area (Å²) in [5.74, 6) is 0.738. The number of nitrogens with one attached hydrogen (secondary N) is 1. The number of H-pyrrole nitrogens is 1. The van der Waals surface area contributed by atoms with Gasteiger partial charge in [-0.25, -0.2) is 17.5 Å². The molecule has 2 aliphatic rings. The van der Waals surface area contributed by atoms with Gasteiger partial charge in [-0.15, -0.1) is 0 Å². The summed E-state index contributed by atoms with van der Waals surface area (Å²) >= 11 is 0. The number of piperidine rings is 1. The highest BCUT2D eigenvalue weighted by molar-refractivity contribution is 7.88. The first-order valence-corrected chi connectivity index (χ1v) is 13.4. The van der Waals surface area contributed by atoms with E-state index >= 15 is 0 Å². The smallest absolute Gasteiger partial charge is 0.325 e. The van der Waals surface area contributed by atoms with Crippen LogP contribution in [0.3, 0.4) is 0 Å². The number of rotatable bonds is 6. The molecule has 35 heavy (non-hydrogen) atoms. The molecule has 1 spiro atoms. The number of hydrogen-bond donors (Lipinski definition) is 1. The van der Waals surface area contributed by atoms with Crippen molar-refractivity contribution in [2.75, 3.05) is 37.9 Å². The van der Waals surface area contributed by atoms with Crippen LogP contribution >= 0.6 is 0 Å². The van der Waals surface area contributed by atoms with Gasteiger partial charge in [0.25, 0.3) is 0 Å². The Balaban J connectivity index is 1.45. The zero-order chi connectivity index (χ0) is 24.6. The zero-order valence-electron chi connectivity index (χ0n) is 19.8. The third kappa shape index (κ3) is 4.51. The highest BCUT2D eigenvalue weighted by Gasteiger charge is 2.51. The fraction of sp³-hybridized carbons (Fsp3) is 0.360. The van der Waals surface area contributed by atoms with Gasteiger partial charge < -0.3 is 9.64 Å². The summed E-state index contributed by atoms with van der Waals surface area (Å²) in [5.41, 5.74) is 3.33. The lowest BCUT2D eigenvalue weighted by atomic mass is 9.87. The van der Waals surface area contributed by atoms with E-state index in [-0.39, 0.29) is 6.03 Å². The Morgan fingerprint density at radius 3 is 2.46 bits per heavy atom. The maximum atomic E-state index is 13.8. The normalized spacial score (nSPS) is 18.4. The number of carbonyl (C=O) groups excluding carboxylic acids is 1. The molecule has 0 radical (unpaired) electrons. The molecule has 9 nitrogen and oxygen atoms in total. The van der Waals surface area contributed by atoms with Crippen LogP contribution in [-0.2, 0) is 16.6 Å². The number of benzene rings is 2. The third-order valence-electron chi connectivity index (χ3n) is 7.09. The van der Waals surface area contributed by atoms with Crippen LogP contribution in [0.5, 0.6) is 5.75 Å². The number of anilines is 1. The van der Waals surface area contributed by atoms with Gasteiger partial charge in [-0.05, 0) is 48.2 Å². The van der Waals surface area contributed by atoms with Crippen molar-refractivity contribution in [2.24, 2.45) is 0 Å². The van der Waals surface area contributed by atoms with Crippen LogP contribution in [0.15, 0.2) is 60.9 Å². The van der Waals surface area contributed by atoms with Crippen molar-refractivity contribution in [1.82, 2.24) is 19.4 Å². The molecule has 1 N–H and O–H groups in total. The van der Waals surface area contributed by atoms with E-state index in [0.29, 0.717) is 39.0 Å². The first kappa shape index (κ1) is 23.4. The van der Waals surface area contributed by atoms with E-state index in [1.807, 2.05) is 64.5 Å². The number of hydrogen-bond acceptors (Lipinski definition) is 5. The first-order valence-electron chi connectivity index (χ1n) is 11.6. The van der Waals surface area contributed by atoms with E-state index in [0.717, 1.165) is 28.1 Å². The summed E-state index contributed by atoms with van der Waals surface area (Å²) in [6.07, 6.45) is 6.00. The Morgan fingerprint density at radius 1 is 1.09 bits per heavy atom. The van der Waals surface area contributed by atoms with Crippen molar-refractivity contribution in [3.63, 3.8) is 0 Å². The summed E-state index contributed by atoms with van der Waals surface area (Å²) in [6, 6.07) is 15.5. The molecular weight excluding hydrogens is 466 g/mol. The minimum Gasteiger partial charge on any atom is -0.497 e. The number of nitrogens with zero attached hydrogens (tertiary/aromatic N) is 4. The summed E-state index contributed by atoms with van der Waals surface area (Å²) < 4.78 is 31.1. The predicted molar refractivity (Wildman–Crippen MR) is 134 cm³/mol. The number of amides is 2. The molecule has 0 unspecified atom stereocenters. The number of aromatic nitrogens is 2. The maximum absolute atomic E-state index is 13.8. The molecule has 0 aliphatic carbocycles. The molecule has 0 atom stereocenters. The van der Waals surface area contributed by atoms with Gasteiger partial charge >= 0.3 is 6.03 Å². The van der Waals surface area contributed by atoms with E-state index in [1.54, 1.807) is 13.3 Å². The number of methoxy groups -OCH3 is 1. The van der Waals surface area contributed by atoms with E-state index in [2.05, 4.69) is 10.2 Å². The fourth-order valence-corrected chi connectivity index (χ4v) is 5.94. The molecule has 5 rings (SSSR count). The average Bonchev–Trinajstić information content (AvgIpc) is 3.48. The highest BCUT2D eigenvalue weighted by Crippen LogP contribution is 2.40. The maximum Gasteiger partial charge on any atom is 0.325 e. The van der Waals surface area contributed by atoms with Crippen molar-refractivity contribution >= 4 is 21.7 Å². The minimum absolute atomic E-state index is 0.0725. The van der Waals surface area contributed by atoms with Crippen LogP contribution in [-0.4, -0.2) is 72.4 Å².